The van der Waals surface area contributed by atoms with Gasteiger partial charge in [0.15, 0.2) is 0 Å². The summed E-state index contributed by atoms with van der Waals surface area (Å²) in [5.41, 5.74) is 1.37. The van der Waals surface area contributed by atoms with Crippen LogP contribution in [0.4, 0.5) is 5.69 Å². The van der Waals surface area contributed by atoms with Gasteiger partial charge in [-0.2, -0.15) is 0 Å². The molecule has 0 aromatic heterocycles. The topological polar surface area (TPSA) is 46.6 Å². The van der Waals surface area contributed by atoms with E-state index < -0.39 is 0 Å². The van der Waals surface area contributed by atoms with Crippen molar-refractivity contribution in [2.45, 2.75) is 26.4 Å². The number of amides is 2. The van der Waals surface area contributed by atoms with E-state index in [4.69, 9.17) is 4.74 Å². The molecule has 0 bridgehead atoms. The lowest BCUT2D eigenvalue weighted by Gasteiger charge is -2.20. The number of para-hydroxylation sites is 2. The van der Waals surface area contributed by atoms with Crippen molar-refractivity contribution in [3.63, 3.8) is 0 Å². The summed E-state index contributed by atoms with van der Waals surface area (Å²) < 4.78 is 5.86. The Bertz CT molecular complexity index is 704. The second-order valence-electron chi connectivity index (χ2n) is 5.30. The third kappa shape index (κ3) is 2.26. The predicted octanol–water partition coefficient (Wildman–Crippen LogP) is 3.66. The summed E-state index contributed by atoms with van der Waals surface area (Å²) in [4.78, 5) is 26.3. The van der Waals surface area contributed by atoms with Crippen LogP contribution < -0.4 is 9.64 Å². The van der Waals surface area contributed by atoms with E-state index in [0.29, 0.717) is 22.6 Å². The standard InChI is InChI=1S/C18H17NO3/c1-3-12(2)22-16-11-7-6-10-15(16)19-17(20)13-8-4-5-9-14(13)18(19)21/h4-12H,3H2,1-2H3. The summed E-state index contributed by atoms with van der Waals surface area (Å²) in [6, 6.07) is 14.0. The van der Waals surface area contributed by atoms with Crippen molar-refractivity contribution in [1.29, 1.82) is 0 Å². The molecule has 0 N–H and O–H groups in total. The zero-order chi connectivity index (χ0) is 15.7. The van der Waals surface area contributed by atoms with Gasteiger partial charge >= 0.3 is 0 Å². The number of carbonyl (C=O) groups excluding carboxylic acids is 2. The quantitative estimate of drug-likeness (QED) is 0.809. The Hall–Kier alpha value is -2.62. The highest BCUT2D eigenvalue weighted by Crippen LogP contribution is 2.35. The van der Waals surface area contributed by atoms with Crippen LogP contribution in [0.1, 0.15) is 41.0 Å². The Kier molecular flexibility index (Phi) is 3.67. The van der Waals surface area contributed by atoms with Crippen molar-refractivity contribution in [3.05, 3.63) is 59.7 Å². The van der Waals surface area contributed by atoms with Crippen molar-refractivity contribution in [3.8, 4) is 5.75 Å². The van der Waals surface area contributed by atoms with E-state index in [1.165, 1.54) is 4.90 Å². The summed E-state index contributed by atoms with van der Waals surface area (Å²) in [5, 5.41) is 0. The SMILES string of the molecule is CCC(C)Oc1ccccc1N1C(=O)c2ccccc2C1=O. The highest BCUT2D eigenvalue weighted by Gasteiger charge is 2.37. The summed E-state index contributed by atoms with van der Waals surface area (Å²) >= 11 is 0. The summed E-state index contributed by atoms with van der Waals surface area (Å²) in [7, 11) is 0. The first-order valence-corrected chi connectivity index (χ1v) is 7.37. The van der Waals surface area contributed by atoms with Crippen LogP contribution in [0.15, 0.2) is 48.5 Å². The van der Waals surface area contributed by atoms with Crippen LogP contribution in [0.2, 0.25) is 0 Å². The first kappa shape index (κ1) is 14.3. The molecule has 2 aromatic rings. The number of carbonyl (C=O) groups is 2. The van der Waals surface area contributed by atoms with Crippen LogP contribution in [0.25, 0.3) is 0 Å². The summed E-state index contributed by atoms with van der Waals surface area (Å²) in [5.74, 6) is -0.0621. The molecular weight excluding hydrogens is 278 g/mol. The number of hydrogen-bond donors (Lipinski definition) is 0. The minimum Gasteiger partial charge on any atom is -0.489 e. The lowest BCUT2D eigenvalue weighted by atomic mass is 10.1. The van der Waals surface area contributed by atoms with Gasteiger partial charge in [0.2, 0.25) is 0 Å². The first-order valence-electron chi connectivity index (χ1n) is 7.37. The highest BCUT2D eigenvalue weighted by molar-refractivity contribution is 6.34. The number of benzene rings is 2. The lowest BCUT2D eigenvalue weighted by molar-refractivity contribution is 0.0924. The average molecular weight is 295 g/mol. The van der Waals surface area contributed by atoms with Crippen LogP contribution in [-0.4, -0.2) is 17.9 Å². The number of hydrogen-bond acceptors (Lipinski definition) is 3. The maximum atomic E-state index is 12.6. The zero-order valence-electron chi connectivity index (χ0n) is 12.6. The fraction of sp³-hybridized carbons (Fsp3) is 0.222. The van der Waals surface area contributed by atoms with Crippen LogP contribution >= 0.6 is 0 Å². The maximum absolute atomic E-state index is 12.6. The van der Waals surface area contributed by atoms with Crippen molar-refractivity contribution < 1.29 is 14.3 Å². The largest absolute Gasteiger partial charge is 0.489 e. The van der Waals surface area contributed by atoms with Gasteiger partial charge < -0.3 is 4.74 Å². The molecule has 22 heavy (non-hydrogen) atoms. The van der Waals surface area contributed by atoms with Gasteiger partial charge in [0.05, 0.1) is 22.9 Å². The normalized spacial score (nSPS) is 14.9. The molecular formula is C18H17NO3. The van der Waals surface area contributed by atoms with Gasteiger partial charge in [0, 0.05) is 0 Å². The van der Waals surface area contributed by atoms with Crippen molar-refractivity contribution in [1.82, 2.24) is 0 Å². The number of nitrogens with zero attached hydrogens (tertiary/aromatic N) is 1. The fourth-order valence-electron chi connectivity index (χ4n) is 2.45. The molecule has 1 atom stereocenters. The van der Waals surface area contributed by atoms with Gasteiger partial charge in [-0.1, -0.05) is 31.2 Å². The van der Waals surface area contributed by atoms with Gasteiger partial charge in [-0.15, -0.1) is 0 Å². The second-order valence-corrected chi connectivity index (χ2v) is 5.30. The molecule has 0 fully saturated rings. The number of ether oxygens (including phenoxy) is 1. The predicted molar refractivity (Wildman–Crippen MR) is 84.4 cm³/mol. The zero-order valence-corrected chi connectivity index (χ0v) is 12.6. The molecule has 1 heterocycles. The molecule has 4 heteroatoms. The first-order chi connectivity index (χ1) is 10.6. The molecule has 0 saturated heterocycles. The van der Waals surface area contributed by atoms with Gasteiger partial charge in [-0.05, 0) is 37.6 Å². The maximum Gasteiger partial charge on any atom is 0.266 e. The summed E-state index contributed by atoms with van der Waals surface area (Å²) in [6.07, 6.45) is 0.854. The fourth-order valence-corrected chi connectivity index (χ4v) is 2.45. The monoisotopic (exact) mass is 295 g/mol. The minimum absolute atomic E-state index is 0.0105. The third-order valence-electron chi connectivity index (χ3n) is 3.80. The minimum atomic E-state index is -0.305. The third-order valence-corrected chi connectivity index (χ3v) is 3.80. The van der Waals surface area contributed by atoms with Gasteiger partial charge in [-0.3, -0.25) is 9.59 Å². The van der Waals surface area contributed by atoms with Crippen LogP contribution in [0, 0.1) is 0 Å². The Labute approximate surface area is 129 Å². The number of anilines is 1. The van der Waals surface area contributed by atoms with Gasteiger partial charge in [-0.25, -0.2) is 4.90 Å². The van der Waals surface area contributed by atoms with E-state index in [-0.39, 0.29) is 17.9 Å². The molecule has 0 saturated carbocycles. The van der Waals surface area contributed by atoms with Crippen LogP contribution in [0.5, 0.6) is 5.75 Å². The molecule has 2 amide bonds. The van der Waals surface area contributed by atoms with Crippen LogP contribution in [0.3, 0.4) is 0 Å². The Morgan fingerprint density at radius 2 is 1.50 bits per heavy atom. The molecule has 1 unspecified atom stereocenters. The second kappa shape index (κ2) is 5.64. The Morgan fingerprint density at radius 1 is 0.955 bits per heavy atom. The lowest BCUT2D eigenvalue weighted by Crippen LogP contribution is -2.30. The van der Waals surface area contributed by atoms with Crippen molar-refractivity contribution in [2.75, 3.05) is 4.90 Å². The number of imide groups is 1. The number of fused-ring (bicyclic) bond motifs is 1. The van der Waals surface area contributed by atoms with Gasteiger partial charge in [0.25, 0.3) is 11.8 Å². The Morgan fingerprint density at radius 3 is 2.09 bits per heavy atom. The van der Waals surface area contributed by atoms with Crippen LogP contribution in [-0.2, 0) is 0 Å². The molecule has 1 aliphatic rings. The molecule has 1 aliphatic heterocycles. The number of rotatable bonds is 4. The molecule has 0 spiro atoms. The average Bonchev–Trinajstić information content (AvgIpc) is 2.80. The smallest absolute Gasteiger partial charge is 0.266 e. The summed E-state index contributed by atoms with van der Waals surface area (Å²) in [6.45, 7) is 3.98. The van der Waals surface area contributed by atoms with E-state index in [0.717, 1.165) is 6.42 Å². The molecule has 2 aromatic carbocycles. The molecule has 0 aliphatic carbocycles. The van der Waals surface area contributed by atoms with Crippen molar-refractivity contribution in [2.24, 2.45) is 0 Å². The molecule has 0 radical (unpaired) electrons. The van der Waals surface area contributed by atoms with E-state index in [1.807, 2.05) is 19.9 Å². The molecule has 112 valence electrons. The van der Waals surface area contributed by atoms with Crippen molar-refractivity contribution >= 4 is 17.5 Å². The van der Waals surface area contributed by atoms with Gasteiger partial charge in [0.1, 0.15) is 5.75 Å². The van der Waals surface area contributed by atoms with E-state index in [2.05, 4.69) is 0 Å². The van der Waals surface area contributed by atoms with E-state index in [9.17, 15) is 9.59 Å². The highest BCUT2D eigenvalue weighted by atomic mass is 16.5. The van der Waals surface area contributed by atoms with E-state index >= 15 is 0 Å². The Balaban J connectivity index is 2.03. The van der Waals surface area contributed by atoms with E-state index in [1.54, 1.807) is 42.5 Å². The molecule has 3 rings (SSSR count). The molecule has 4 nitrogen and oxygen atoms in total.